The molecule has 2 amide bonds. The van der Waals surface area contributed by atoms with Crippen LogP contribution in [0.2, 0.25) is 0 Å². The van der Waals surface area contributed by atoms with Crippen LogP contribution in [0.5, 0.6) is 0 Å². The van der Waals surface area contributed by atoms with E-state index < -0.39 is 18.3 Å². The molecule has 6 nitrogen and oxygen atoms in total. The van der Waals surface area contributed by atoms with E-state index >= 15 is 0 Å². The van der Waals surface area contributed by atoms with Gasteiger partial charge in [0, 0.05) is 33.2 Å². The Labute approximate surface area is 240 Å². The van der Waals surface area contributed by atoms with Gasteiger partial charge in [-0.1, -0.05) is 75.5 Å². The molecular formula is C30H30Br2N2O4. The SMILES string of the molecule is CCCC(=C=CC[C@@H](OC(=O)Nc1ccc(Br)cc1)c1ccccc1)CCOC(=O)Nc1ccc(Br)cc1. The minimum Gasteiger partial charge on any atom is -0.449 e. The minimum absolute atomic E-state index is 0.243. The lowest BCUT2D eigenvalue weighted by molar-refractivity contribution is 0.112. The van der Waals surface area contributed by atoms with Gasteiger partial charge in [-0.2, -0.15) is 0 Å². The predicted octanol–water partition coefficient (Wildman–Crippen LogP) is 9.41. The average molecular weight is 642 g/mol. The maximum atomic E-state index is 12.6. The quantitative estimate of drug-likeness (QED) is 0.205. The summed E-state index contributed by atoms with van der Waals surface area (Å²) in [6.07, 6.45) is 3.17. The van der Waals surface area contributed by atoms with Gasteiger partial charge in [0.05, 0.1) is 6.61 Å². The first kappa shape index (κ1) is 29.2. The lowest BCUT2D eigenvalue weighted by Crippen LogP contribution is -2.17. The Morgan fingerprint density at radius 2 is 1.42 bits per heavy atom. The molecule has 8 heteroatoms. The second-order valence-electron chi connectivity index (χ2n) is 8.39. The van der Waals surface area contributed by atoms with Crippen LogP contribution in [0, 0.1) is 0 Å². The summed E-state index contributed by atoms with van der Waals surface area (Å²) in [5, 5.41) is 5.48. The molecule has 0 fully saturated rings. The third kappa shape index (κ3) is 10.6. The molecule has 0 aliphatic heterocycles. The van der Waals surface area contributed by atoms with Crippen molar-refractivity contribution in [2.45, 2.75) is 38.7 Å². The summed E-state index contributed by atoms with van der Waals surface area (Å²) < 4.78 is 13.0. The minimum atomic E-state index is -0.530. The topological polar surface area (TPSA) is 76.7 Å². The summed E-state index contributed by atoms with van der Waals surface area (Å²) in [6, 6.07) is 24.2. The Bertz CT molecular complexity index is 1240. The highest BCUT2D eigenvalue weighted by molar-refractivity contribution is 9.10. The van der Waals surface area contributed by atoms with Gasteiger partial charge in [0.25, 0.3) is 0 Å². The summed E-state index contributed by atoms with van der Waals surface area (Å²) in [7, 11) is 0. The Balaban J connectivity index is 1.59. The van der Waals surface area contributed by atoms with E-state index in [0.29, 0.717) is 24.2 Å². The molecule has 3 aromatic carbocycles. The van der Waals surface area contributed by atoms with E-state index in [1.54, 1.807) is 24.3 Å². The standard InChI is InChI=1S/C30H30Br2N2O4/c1-2-7-22(20-21-37-29(35)33-26-16-12-24(31)13-17-26)8-6-11-28(23-9-4-3-5-10-23)38-30(36)34-27-18-14-25(32)15-19-27/h3-6,9-10,12-19,28H,2,7,11,20-21H2,1H3,(H,33,35)(H,34,36)/t8?,28-/m1/s1. The number of rotatable bonds is 11. The summed E-state index contributed by atoms with van der Waals surface area (Å²) >= 11 is 6.75. The van der Waals surface area contributed by atoms with Crippen molar-refractivity contribution in [1.29, 1.82) is 0 Å². The first-order valence-electron chi connectivity index (χ1n) is 12.3. The molecule has 0 aliphatic rings. The highest BCUT2D eigenvalue weighted by Gasteiger charge is 2.16. The summed E-state index contributed by atoms with van der Waals surface area (Å²) in [5.41, 5.74) is 6.58. The average Bonchev–Trinajstić information content (AvgIpc) is 2.91. The molecule has 1 atom stereocenters. The Kier molecular flexibility index (Phi) is 12.2. The van der Waals surface area contributed by atoms with Gasteiger partial charge in [0.15, 0.2) is 0 Å². The molecule has 3 aromatic rings. The molecule has 2 N–H and O–H groups in total. The van der Waals surface area contributed by atoms with Crippen LogP contribution in [0.15, 0.2) is 105 Å². The number of carbonyl (C=O) groups is 2. The smallest absolute Gasteiger partial charge is 0.412 e. The van der Waals surface area contributed by atoms with Crippen LogP contribution in [0.4, 0.5) is 21.0 Å². The molecule has 0 heterocycles. The van der Waals surface area contributed by atoms with Crippen LogP contribution in [-0.4, -0.2) is 18.8 Å². The first-order valence-corrected chi connectivity index (χ1v) is 13.9. The summed E-state index contributed by atoms with van der Waals surface area (Å²) in [6.45, 7) is 2.33. The number of benzene rings is 3. The van der Waals surface area contributed by atoms with Crippen LogP contribution >= 0.6 is 31.9 Å². The number of carbonyl (C=O) groups excluding carboxylic acids is 2. The van der Waals surface area contributed by atoms with Crippen molar-refractivity contribution >= 4 is 55.4 Å². The van der Waals surface area contributed by atoms with Crippen molar-refractivity contribution in [2.24, 2.45) is 0 Å². The molecule has 0 unspecified atom stereocenters. The van der Waals surface area contributed by atoms with Crippen molar-refractivity contribution in [3.05, 3.63) is 111 Å². The molecule has 0 saturated heterocycles. The van der Waals surface area contributed by atoms with E-state index in [2.05, 4.69) is 55.1 Å². The summed E-state index contributed by atoms with van der Waals surface area (Å²) in [5.74, 6) is 0. The lowest BCUT2D eigenvalue weighted by atomic mass is 10.1. The Hall–Kier alpha value is -3.32. The highest BCUT2D eigenvalue weighted by Crippen LogP contribution is 2.23. The fourth-order valence-corrected chi connectivity index (χ4v) is 4.09. The van der Waals surface area contributed by atoms with Gasteiger partial charge >= 0.3 is 12.2 Å². The molecule has 0 aliphatic carbocycles. The van der Waals surface area contributed by atoms with Gasteiger partial charge < -0.3 is 9.47 Å². The maximum absolute atomic E-state index is 12.6. The van der Waals surface area contributed by atoms with Gasteiger partial charge in [-0.3, -0.25) is 10.6 Å². The molecule has 3 rings (SSSR count). The largest absolute Gasteiger partial charge is 0.449 e. The zero-order valence-corrected chi connectivity index (χ0v) is 24.3. The first-order chi connectivity index (χ1) is 18.4. The highest BCUT2D eigenvalue weighted by atomic mass is 79.9. The lowest BCUT2D eigenvalue weighted by Gasteiger charge is -2.17. The van der Waals surface area contributed by atoms with Gasteiger partial charge in [0.2, 0.25) is 0 Å². The van der Waals surface area contributed by atoms with E-state index in [4.69, 9.17) is 9.47 Å². The number of ether oxygens (including phenoxy) is 2. The molecule has 0 spiro atoms. The molecule has 0 aromatic heterocycles. The number of anilines is 2. The maximum Gasteiger partial charge on any atom is 0.412 e. The third-order valence-electron chi connectivity index (χ3n) is 5.43. The molecule has 0 saturated carbocycles. The van der Waals surface area contributed by atoms with Gasteiger partial charge in [-0.25, -0.2) is 9.59 Å². The molecule has 0 bridgehead atoms. The van der Waals surface area contributed by atoms with Crippen LogP contribution in [-0.2, 0) is 9.47 Å². The van der Waals surface area contributed by atoms with E-state index in [9.17, 15) is 9.59 Å². The fraction of sp³-hybridized carbons (Fsp3) is 0.233. The van der Waals surface area contributed by atoms with Crippen LogP contribution in [0.1, 0.15) is 44.3 Å². The number of nitrogens with one attached hydrogen (secondary N) is 2. The zero-order chi connectivity index (χ0) is 27.2. The number of hydrogen-bond acceptors (Lipinski definition) is 4. The van der Waals surface area contributed by atoms with Crippen LogP contribution in [0.3, 0.4) is 0 Å². The van der Waals surface area contributed by atoms with Gasteiger partial charge in [-0.15, -0.1) is 5.73 Å². The normalized spacial score (nSPS) is 11.0. The monoisotopic (exact) mass is 640 g/mol. The molecule has 198 valence electrons. The van der Waals surface area contributed by atoms with E-state index in [1.165, 1.54) is 0 Å². The number of amides is 2. The predicted molar refractivity (Wildman–Crippen MR) is 158 cm³/mol. The Morgan fingerprint density at radius 1 is 0.842 bits per heavy atom. The van der Waals surface area contributed by atoms with Crippen molar-refractivity contribution in [3.8, 4) is 0 Å². The summed E-state index contributed by atoms with van der Waals surface area (Å²) in [4.78, 5) is 24.7. The van der Waals surface area contributed by atoms with Crippen molar-refractivity contribution in [1.82, 2.24) is 0 Å². The van der Waals surface area contributed by atoms with E-state index in [-0.39, 0.29) is 6.61 Å². The number of hydrogen-bond donors (Lipinski definition) is 2. The number of halogens is 2. The third-order valence-corrected chi connectivity index (χ3v) is 6.49. The van der Waals surface area contributed by atoms with Crippen LogP contribution in [0.25, 0.3) is 0 Å². The molecular weight excluding hydrogens is 612 g/mol. The van der Waals surface area contributed by atoms with Gasteiger partial charge in [0.1, 0.15) is 6.10 Å². The van der Waals surface area contributed by atoms with Gasteiger partial charge in [-0.05, 0) is 72.2 Å². The second kappa shape index (κ2) is 15.8. The second-order valence-corrected chi connectivity index (χ2v) is 10.2. The fourth-order valence-electron chi connectivity index (χ4n) is 3.57. The zero-order valence-electron chi connectivity index (χ0n) is 21.1. The van der Waals surface area contributed by atoms with E-state index in [1.807, 2.05) is 60.7 Å². The van der Waals surface area contributed by atoms with E-state index in [0.717, 1.165) is 32.9 Å². The van der Waals surface area contributed by atoms with Crippen molar-refractivity contribution < 1.29 is 19.1 Å². The van der Waals surface area contributed by atoms with Crippen molar-refractivity contribution in [2.75, 3.05) is 17.2 Å². The van der Waals surface area contributed by atoms with Crippen LogP contribution < -0.4 is 10.6 Å². The molecule has 0 radical (unpaired) electrons. The Morgan fingerprint density at radius 3 is 2.00 bits per heavy atom. The molecule has 38 heavy (non-hydrogen) atoms. The van der Waals surface area contributed by atoms with Crippen molar-refractivity contribution in [3.63, 3.8) is 0 Å².